The number of rotatable bonds is 6. The quantitative estimate of drug-likeness (QED) is 0.272. The molecule has 0 aliphatic carbocycles. The van der Waals surface area contributed by atoms with Gasteiger partial charge in [-0.25, -0.2) is 10.5 Å². The Bertz CT molecular complexity index is 974. The van der Waals surface area contributed by atoms with E-state index >= 15 is 0 Å². The lowest BCUT2D eigenvalue weighted by atomic mass is 10.1. The Kier molecular flexibility index (Phi) is 5.58. The molecule has 0 spiro atoms. The molecule has 0 aliphatic heterocycles. The van der Waals surface area contributed by atoms with Gasteiger partial charge in [0.05, 0.1) is 0 Å². The lowest BCUT2D eigenvalue weighted by Gasteiger charge is -2.00. The van der Waals surface area contributed by atoms with Crippen LogP contribution < -0.4 is 5.48 Å². The second-order valence-corrected chi connectivity index (χ2v) is 6.08. The Labute approximate surface area is 156 Å². The van der Waals surface area contributed by atoms with Crippen molar-refractivity contribution < 1.29 is 14.8 Å². The Morgan fingerprint density at radius 2 is 1.81 bits per heavy atom. The molecule has 136 valence electrons. The van der Waals surface area contributed by atoms with Gasteiger partial charge in [-0.3, -0.25) is 14.8 Å². The van der Waals surface area contributed by atoms with Crippen LogP contribution >= 0.6 is 0 Å². The fraction of sp³-hybridized carbons (Fsp3) is 0.0952. The number of hydrogen-bond donors (Lipinski definition) is 3. The number of H-pyrrole nitrogens is 1. The number of aryl methyl sites for hydroxylation is 1. The van der Waals surface area contributed by atoms with Crippen LogP contribution in [0.3, 0.4) is 0 Å². The minimum Gasteiger partial charge on any atom is -0.345 e. The first-order valence-electron chi connectivity index (χ1n) is 8.43. The summed E-state index contributed by atoms with van der Waals surface area (Å²) >= 11 is 0. The van der Waals surface area contributed by atoms with Gasteiger partial charge in [-0.1, -0.05) is 54.6 Å². The summed E-state index contributed by atoms with van der Waals surface area (Å²) in [6, 6.07) is 16.7. The van der Waals surface area contributed by atoms with Crippen LogP contribution in [-0.4, -0.2) is 26.9 Å². The molecule has 6 nitrogen and oxygen atoms in total. The molecule has 1 aromatic heterocycles. The molecule has 0 radical (unpaired) electrons. The summed E-state index contributed by atoms with van der Waals surface area (Å²) in [6.45, 7) is 1.84. The molecule has 0 bridgehead atoms. The zero-order valence-electron chi connectivity index (χ0n) is 14.8. The number of nitrogens with zero attached hydrogens (tertiary/aromatic N) is 1. The number of ketones is 1. The van der Waals surface area contributed by atoms with Crippen LogP contribution in [0, 0.1) is 6.92 Å². The van der Waals surface area contributed by atoms with Crippen molar-refractivity contribution in [3.63, 3.8) is 0 Å². The van der Waals surface area contributed by atoms with E-state index in [1.165, 1.54) is 6.08 Å². The third-order valence-corrected chi connectivity index (χ3v) is 4.07. The van der Waals surface area contributed by atoms with E-state index < -0.39 is 5.91 Å². The third kappa shape index (κ3) is 4.56. The molecule has 1 amide bonds. The number of carbonyl (C=O) groups is 2. The molecule has 2 aromatic carbocycles. The molecule has 0 unspecified atom stereocenters. The van der Waals surface area contributed by atoms with Gasteiger partial charge in [0.2, 0.25) is 5.78 Å². The number of hydrogen-bond acceptors (Lipinski definition) is 4. The fourth-order valence-corrected chi connectivity index (χ4v) is 2.70. The molecule has 0 saturated carbocycles. The standard InChI is InChI=1S/C21H19N3O3/c1-14-20(21(26)17-5-3-2-4-6-17)23-18(22-14)13-16-9-7-15(8-10-16)11-12-19(25)24-27/h2-12,27H,13H2,1H3,(H,22,23)(H,24,25). The van der Waals surface area contributed by atoms with Crippen LogP contribution in [-0.2, 0) is 11.2 Å². The molecule has 3 aromatic rings. The average molecular weight is 361 g/mol. The number of aromatic nitrogens is 2. The topological polar surface area (TPSA) is 95.1 Å². The highest BCUT2D eigenvalue weighted by atomic mass is 16.5. The Hall–Kier alpha value is -3.51. The predicted molar refractivity (Wildman–Crippen MR) is 101 cm³/mol. The lowest BCUT2D eigenvalue weighted by molar-refractivity contribution is -0.124. The van der Waals surface area contributed by atoms with E-state index in [9.17, 15) is 9.59 Å². The maximum Gasteiger partial charge on any atom is 0.267 e. The summed E-state index contributed by atoms with van der Waals surface area (Å²) in [4.78, 5) is 31.2. The molecule has 0 saturated heterocycles. The summed E-state index contributed by atoms with van der Waals surface area (Å²) in [5, 5.41) is 8.47. The normalized spacial score (nSPS) is 10.9. The Morgan fingerprint density at radius 1 is 1.11 bits per heavy atom. The number of benzene rings is 2. The molecule has 6 heteroatoms. The second-order valence-electron chi connectivity index (χ2n) is 6.08. The number of carbonyl (C=O) groups excluding carboxylic acids is 2. The van der Waals surface area contributed by atoms with Gasteiger partial charge in [0, 0.05) is 23.8 Å². The van der Waals surface area contributed by atoms with Crippen molar-refractivity contribution >= 4 is 17.8 Å². The first kappa shape index (κ1) is 18.3. The van der Waals surface area contributed by atoms with Crippen LogP contribution in [0.1, 0.15) is 38.7 Å². The van der Waals surface area contributed by atoms with E-state index in [2.05, 4.69) is 9.97 Å². The molecule has 3 N–H and O–H groups in total. The maximum absolute atomic E-state index is 12.6. The lowest BCUT2D eigenvalue weighted by Crippen LogP contribution is -2.14. The minimum atomic E-state index is -0.583. The van der Waals surface area contributed by atoms with E-state index in [-0.39, 0.29) is 5.78 Å². The largest absolute Gasteiger partial charge is 0.345 e. The van der Waals surface area contributed by atoms with E-state index in [0.29, 0.717) is 17.7 Å². The smallest absolute Gasteiger partial charge is 0.267 e. The van der Waals surface area contributed by atoms with Gasteiger partial charge in [0.1, 0.15) is 11.5 Å². The van der Waals surface area contributed by atoms with Crippen molar-refractivity contribution in [2.24, 2.45) is 0 Å². The van der Waals surface area contributed by atoms with Crippen LogP contribution in [0.15, 0.2) is 60.7 Å². The van der Waals surface area contributed by atoms with Gasteiger partial charge in [0.25, 0.3) is 5.91 Å². The summed E-state index contributed by atoms with van der Waals surface area (Å²) in [5.74, 6) is 0.0359. The van der Waals surface area contributed by atoms with E-state index in [0.717, 1.165) is 22.6 Å². The van der Waals surface area contributed by atoms with Gasteiger partial charge in [0.15, 0.2) is 0 Å². The zero-order valence-corrected chi connectivity index (χ0v) is 14.8. The second kappa shape index (κ2) is 8.25. The fourth-order valence-electron chi connectivity index (χ4n) is 2.70. The molecule has 27 heavy (non-hydrogen) atoms. The van der Waals surface area contributed by atoms with E-state index in [4.69, 9.17) is 5.21 Å². The first-order valence-corrected chi connectivity index (χ1v) is 8.43. The van der Waals surface area contributed by atoms with Gasteiger partial charge in [-0.15, -0.1) is 0 Å². The predicted octanol–water partition coefficient (Wildman–Crippen LogP) is 3.06. The van der Waals surface area contributed by atoms with Crippen LogP contribution in [0.2, 0.25) is 0 Å². The highest BCUT2D eigenvalue weighted by Gasteiger charge is 2.16. The van der Waals surface area contributed by atoms with Crippen LogP contribution in [0.25, 0.3) is 6.08 Å². The van der Waals surface area contributed by atoms with Crippen molar-refractivity contribution in [1.82, 2.24) is 15.4 Å². The highest BCUT2D eigenvalue weighted by Crippen LogP contribution is 2.15. The molecular formula is C21H19N3O3. The van der Waals surface area contributed by atoms with Gasteiger partial charge in [-0.05, 0) is 24.1 Å². The van der Waals surface area contributed by atoms with Crippen LogP contribution in [0.4, 0.5) is 0 Å². The number of amides is 1. The Balaban J connectivity index is 1.72. The average Bonchev–Trinajstić information content (AvgIpc) is 3.07. The molecule has 0 fully saturated rings. The summed E-state index contributed by atoms with van der Waals surface area (Å²) in [5.41, 5.74) is 5.19. The summed E-state index contributed by atoms with van der Waals surface area (Å²) in [6.07, 6.45) is 3.40. The summed E-state index contributed by atoms with van der Waals surface area (Å²) in [7, 11) is 0. The number of aromatic amines is 1. The molecular weight excluding hydrogens is 342 g/mol. The van der Waals surface area contributed by atoms with Gasteiger partial charge in [-0.2, -0.15) is 0 Å². The SMILES string of the molecule is Cc1[nH]c(Cc2ccc(C=CC(=O)NO)cc2)nc1C(=O)c1ccccc1. The van der Waals surface area contributed by atoms with E-state index in [1.807, 2.05) is 49.4 Å². The van der Waals surface area contributed by atoms with Crippen LogP contribution in [0.5, 0.6) is 0 Å². The highest BCUT2D eigenvalue weighted by molar-refractivity contribution is 6.08. The van der Waals surface area contributed by atoms with Crippen molar-refractivity contribution in [3.8, 4) is 0 Å². The molecule has 1 heterocycles. The van der Waals surface area contributed by atoms with Crippen molar-refractivity contribution in [2.75, 3.05) is 0 Å². The number of hydroxylamine groups is 1. The molecule has 3 rings (SSSR count). The molecule has 0 aliphatic rings. The maximum atomic E-state index is 12.6. The van der Waals surface area contributed by atoms with Gasteiger partial charge >= 0.3 is 0 Å². The number of imidazole rings is 1. The third-order valence-electron chi connectivity index (χ3n) is 4.07. The number of nitrogens with one attached hydrogen (secondary N) is 2. The Morgan fingerprint density at radius 3 is 2.48 bits per heavy atom. The minimum absolute atomic E-state index is 0.0988. The van der Waals surface area contributed by atoms with E-state index in [1.54, 1.807) is 23.7 Å². The summed E-state index contributed by atoms with van der Waals surface area (Å²) < 4.78 is 0. The van der Waals surface area contributed by atoms with Crippen molar-refractivity contribution in [3.05, 3.63) is 94.6 Å². The van der Waals surface area contributed by atoms with Crippen molar-refractivity contribution in [1.29, 1.82) is 0 Å². The van der Waals surface area contributed by atoms with Crippen molar-refractivity contribution in [2.45, 2.75) is 13.3 Å². The monoisotopic (exact) mass is 361 g/mol. The van der Waals surface area contributed by atoms with Gasteiger partial charge < -0.3 is 4.98 Å². The zero-order chi connectivity index (χ0) is 19.2. The molecule has 0 atom stereocenters. The first-order chi connectivity index (χ1) is 13.1.